The molecule has 0 heterocycles. The first kappa shape index (κ1) is 61.1. The van der Waals surface area contributed by atoms with Crippen LogP contribution in [-0.2, 0) is 14.3 Å². The van der Waals surface area contributed by atoms with Crippen LogP contribution in [0.5, 0.6) is 0 Å². The lowest BCUT2D eigenvalue weighted by Gasteiger charge is -2.20. The molecule has 0 aromatic heterocycles. The van der Waals surface area contributed by atoms with E-state index in [2.05, 4.69) is 43.5 Å². The molecule has 0 saturated carbocycles. The summed E-state index contributed by atoms with van der Waals surface area (Å²) in [7, 11) is 0. The average Bonchev–Trinajstić information content (AvgIpc) is 3.28. The molecule has 0 saturated heterocycles. The summed E-state index contributed by atoms with van der Waals surface area (Å²) in [5, 5.41) is 23.0. The van der Waals surface area contributed by atoms with Gasteiger partial charge in [-0.15, -0.1) is 0 Å². The standard InChI is InChI=1S/C57H107NO5/c1-3-5-7-9-11-13-15-16-23-27-31-35-39-43-47-51-57(62)63-52-48-44-40-36-32-28-25-22-20-18-17-19-21-24-26-30-34-38-42-46-50-56(61)58-54(53-59)55(60)49-45-41-37-33-29-14-12-10-8-6-4-2/h16-17,19,23,45,49,54-55,59-60H,3-15,18,20-22,24-44,46-48,50-53H2,1-2H3,(H,58,61)/b19-17-,23-16-,49-45+. The summed E-state index contributed by atoms with van der Waals surface area (Å²) in [6, 6.07) is -0.633. The van der Waals surface area contributed by atoms with Crippen LogP contribution < -0.4 is 5.32 Å². The van der Waals surface area contributed by atoms with Crippen LogP contribution in [0.25, 0.3) is 0 Å². The Kier molecular flexibility index (Phi) is 51.1. The summed E-state index contributed by atoms with van der Waals surface area (Å²) in [5.41, 5.74) is 0. The van der Waals surface area contributed by atoms with Gasteiger partial charge in [-0.05, 0) is 83.5 Å². The third kappa shape index (κ3) is 49.4. The molecular weight excluding hydrogens is 779 g/mol. The molecule has 0 aromatic carbocycles. The fourth-order valence-electron chi connectivity index (χ4n) is 8.33. The summed E-state index contributed by atoms with van der Waals surface area (Å²) in [5.74, 6) is -0.0814. The Morgan fingerprint density at radius 2 is 0.746 bits per heavy atom. The Bertz CT molecular complexity index is 1020. The monoisotopic (exact) mass is 886 g/mol. The Hall–Kier alpha value is -1.92. The van der Waals surface area contributed by atoms with Crippen molar-refractivity contribution < 1.29 is 24.5 Å². The molecule has 2 unspecified atom stereocenters. The maximum atomic E-state index is 12.4. The van der Waals surface area contributed by atoms with Gasteiger partial charge in [-0.2, -0.15) is 0 Å². The second-order valence-electron chi connectivity index (χ2n) is 18.9. The number of ether oxygens (including phenoxy) is 1. The number of rotatable bonds is 51. The highest BCUT2D eigenvalue weighted by Crippen LogP contribution is 2.15. The molecule has 1 amide bonds. The number of nitrogens with one attached hydrogen (secondary N) is 1. The molecule has 0 rings (SSSR count). The van der Waals surface area contributed by atoms with Crippen molar-refractivity contribution in [1.29, 1.82) is 0 Å². The van der Waals surface area contributed by atoms with Gasteiger partial charge in [0.25, 0.3) is 0 Å². The normalized spacial score (nSPS) is 12.9. The lowest BCUT2D eigenvalue weighted by Crippen LogP contribution is -2.45. The van der Waals surface area contributed by atoms with Gasteiger partial charge in [0.15, 0.2) is 0 Å². The maximum Gasteiger partial charge on any atom is 0.305 e. The van der Waals surface area contributed by atoms with Crippen LogP contribution in [0.15, 0.2) is 36.5 Å². The van der Waals surface area contributed by atoms with E-state index < -0.39 is 12.1 Å². The third-order valence-electron chi connectivity index (χ3n) is 12.6. The van der Waals surface area contributed by atoms with Crippen LogP contribution in [0.3, 0.4) is 0 Å². The van der Waals surface area contributed by atoms with Gasteiger partial charge in [-0.1, -0.05) is 230 Å². The first-order valence-electron chi connectivity index (χ1n) is 27.8. The van der Waals surface area contributed by atoms with Crippen LogP contribution in [0.1, 0.15) is 290 Å². The molecule has 3 N–H and O–H groups in total. The van der Waals surface area contributed by atoms with Crippen LogP contribution in [0.2, 0.25) is 0 Å². The summed E-state index contributed by atoms with van der Waals surface area (Å²) < 4.78 is 5.47. The Morgan fingerprint density at radius 1 is 0.429 bits per heavy atom. The van der Waals surface area contributed by atoms with Crippen molar-refractivity contribution in [2.45, 2.75) is 302 Å². The quantitative estimate of drug-likeness (QED) is 0.0321. The first-order chi connectivity index (χ1) is 31.0. The molecule has 2 atom stereocenters. The van der Waals surface area contributed by atoms with Gasteiger partial charge in [-0.3, -0.25) is 9.59 Å². The van der Waals surface area contributed by atoms with Gasteiger partial charge in [0.1, 0.15) is 0 Å². The highest BCUT2D eigenvalue weighted by Gasteiger charge is 2.18. The number of esters is 1. The minimum atomic E-state index is -0.848. The third-order valence-corrected chi connectivity index (χ3v) is 12.6. The van der Waals surface area contributed by atoms with E-state index in [-0.39, 0.29) is 18.5 Å². The fraction of sp³-hybridized carbons (Fsp3) is 0.860. The van der Waals surface area contributed by atoms with Crippen molar-refractivity contribution in [1.82, 2.24) is 5.32 Å². The van der Waals surface area contributed by atoms with Crippen LogP contribution in [0.4, 0.5) is 0 Å². The van der Waals surface area contributed by atoms with E-state index in [9.17, 15) is 19.8 Å². The highest BCUT2D eigenvalue weighted by molar-refractivity contribution is 5.76. The lowest BCUT2D eigenvalue weighted by atomic mass is 10.1. The van der Waals surface area contributed by atoms with Crippen molar-refractivity contribution >= 4 is 11.9 Å². The van der Waals surface area contributed by atoms with Crippen molar-refractivity contribution in [3.05, 3.63) is 36.5 Å². The summed E-state index contributed by atoms with van der Waals surface area (Å²) >= 11 is 0. The zero-order valence-electron chi connectivity index (χ0n) is 42.1. The topological polar surface area (TPSA) is 95.9 Å². The van der Waals surface area contributed by atoms with Gasteiger partial charge >= 0.3 is 5.97 Å². The van der Waals surface area contributed by atoms with Gasteiger partial charge in [-0.25, -0.2) is 0 Å². The summed E-state index contributed by atoms with van der Waals surface area (Å²) in [6.07, 6.45) is 64.5. The van der Waals surface area contributed by atoms with Crippen LogP contribution in [-0.4, -0.2) is 47.4 Å². The number of carbonyl (C=O) groups excluding carboxylic acids is 2. The number of hydrogen-bond acceptors (Lipinski definition) is 5. The van der Waals surface area contributed by atoms with Gasteiger partial charge < -0.3 is 20.3 Å². The van der Waals surface area contributed by atoms with Crippen LogP contribution >= 0.6 is 0 Å². The molecule has 63 heavy (non-hydrogen) atoms. The van der Waals surface area contributed by atoms with Crippen molar-refractivity contribution in [2.75, 3.05) is 13.2 Å². The van der Waals surface area contributed by atoms with E-state index >= 15 is 0 Å². The predicted octanol–water partition coefficient (Wildman–Crippen LogP) is 16.9. The molecule has 0 aliphatic heterocycles. The molecule has 6 heteroatoms. The molecule has 370 valence electrons. The zero-order chi connectivity index (χ0) is 45.8. The Balaban J connectivity index is 3.44. The van der Waals surface area contributed by atoms with E-state index in [1.54, 1.807) is 6.08 Å². The number of amides is 1. The van der Waals surface area contributed by atoms with E-state index in [1.807, 2.05) is 6.08 Å². The SMILES string of the molecule is CCCCCCCC/C=C\CCCCCCCC(=O)OCCCCCCCCCCC/C=C\CCCCCCCCCC(=O)NC(CO)C(O)/C=C/CCCCCCCCCCC. The van der Waals surface area contributed by atoms with Gasteiger partial charge in [0, 0.05) is 12.8 Å². The first-order valence-corrected chi connectivity index (χ1v) is 27.8. The number of hydrogen-bond donors (Lipinski definition) is 3. The lowest BCUT2D eigenvalue weighted by molar-refractivity contribution is -0.143. The molecule has 6 nitrogen and oxygen atoms in total. The Morgan fingerprint density at radius 3 is 1.13 bits per heavy atom. The maximum absolute atomic E-state index is 12.4. The van der Waals surface area contributed by atoms with E-state index in [4.69, 9.17) is 4.74 Å². The molecule has 0 aliphatic rings. The fourth-order valence-corrected chi connectivity index (χ4v) is 8.33. The minimum Gasteiger partial charge on any atom is -0.466 e. The van der Waals surface area contributed by atoms with E-state index in [0.717, 1.165) is 51.4 Å². The molecule has 0 aliphatic carbocycles. The van der Waals surface area contributed by atoms with Crippen molar-refractivity contribution in [2.24, 2.45) is 0 Å². The van der Waals surface area contributed by atoms with Crippen molar-refractivity contribution in [3.63, 3.8) is 0 Å². The van der Waals surface area contributed by atoms with Gasteiger partial charge in [0.05, 0.1) is 25.4 Å². The van der Waals surface area contributed by atoms with Gasteiger partial charge in [0.2, 0.25) is 5.91 Å². The number of aliphatic hydroxyl groups excluding tert-OH is 2. The smallest absolute Gasteiger partial charge is 0.305 e. The molecule has 0 aromatic rings. The Labute approximate surface area is 392 Å². The molecule has 0 bridgehead atoms. The second-order valence-corrected chi connectivity index (χ2v) is 18.9. The largest absolute Gasteiger partial charge is 0.466 e. The average molecular weight is 886 g/mol. The predicted molar refractivity (Wildman–Crippen MR) is 273 cm³/mol. The van der Waals surface area contributed by atoms with Crippen molar-refractivity contribution in [3.8, 4) is 0 Å². The summed E-state index contributed by atoms with van der Waals surface area (Å²) in [6.45, 7) is 4.87. The van der Waals surface area contributed by atoms with Crippen LogP contribution in [0, 0.1) is 0 Å². The highest BCUT2D eigenvalue weighted by atomic mass is 16.5. The molecule has 0 radical (unpaired) electrons. The molecule has 0 spiro atoms. The minimum absolute atomic E-state index is 0.00294. The van der Waals surface area contributed by atoms with E-state index in [1.165, 1.54) is 212 Å². The van der Waals surface area contributed by atoms with E-state index in [0.29, 0.717) is 19.4 Å². The number of allylic oxidation sites excluding steroid dienone is 5. The number of aliphatic hydroxyl groups is 2. The molecule has 0 fully saturated rings. The second kappa shape index (κ2) is 52.7. The summed E-state index contributed by atoms with van der Waals surface area (Å²) in [4.78, 5) is 24.4. The molecular formula is C57H107NO5. The number of unbranched alkanes of at least 4 members (excludes halogenated alkanes) is 36. The zero-order valence-corrected chi connectivity index (χ0v) is 42.1. The number of carbonyl (C=O) groups is 2.